The van der Waals surface area contributed by atoms with Gasteiger partial charge in [-0.3, -0.25) is 4.79 Å². The third-order valence-electron chi connectivity index (χ3n) is 2.92. The number of rotatable bonds is 2. The lowest BCUT2D eigenvalue weighted by Gasteiger charge is -2.16. The van der Waals surface area contributed by atoms with Crippen molar-refractivity contribution in [2.45, 2.75) is 30.1 Å². The number of hydrogen-bond donors (Lipinski definition) is 1. The van der Waals surface area contributed by atoms with E-state index in [-0.39, 0.29) is 17.0 Å². The van der Waals surface area contributed by atoms with Crippen LogP contribution in [0.2, 0.25) is 5.02 Å². The quantitative estimate of drug-likeness (QED) is 0.830. The van der Waals surface area contributed by atoms with Crippen molar-refractivity contribution < 1.29 is 9.18 Å². The molecule has 5 heteroatoms. The van der Waals surface area contributed by atoms with Crippen LogP contribution in [-0.2, 0) is 0 Å². The average Bonchev–Trinajstić information content (AvgIpc) is 2.64. The minimum absolute atomic E-state index is 0.128. The van der Waals surface area contributed by atoms with E-state index in [1.807, 2.05) is 0 Å². The minimum Gasteiger partial charge on any atom is -0.348 e. The Morgan fingerprint density at radius 3 is 2.82 bits per heavy atom. The van der Waals surface area contributed by atoms with E-state index in [2.05, 4.69) is 21.2 Å². The molecule has 1 aliphatic carbocycles. The predicted octanol–water partition coefficient (Wildman–Crippen LogP) is 3.52. The van der Waals surface area contributed by atoms with E-state index in [9.17, 15) is 9.18 Å². The van der Waals surface area contributed by atoms with Gasteiger partial charge in [0.15, 0.2) is 0 Å². The summed E-state index contributed by atoms with van der Waals surface area (Å²) in [6.45, 7) is 0. The van der Waals surface area contributed by atoms with Gasteiger partial charge in [-0.2, -0.15) is 0 Å². The molecule has 1 amide bonds. The van der Waals surface area contributed by atoms with Crippen LogP contribution in [0.15, 0.2) is 18.2 Å². The summed E-state index contributed by atoms with van der Waals surface area (Å²) in [6.07, 6.45) is 3.11. The molecule has 2 unspecified atom stereocenters. The molecular weight excluding hydrogens is 308 g/mol. The highest BCUT2D eigenvalue weighted by atomic mass is 79.9. The Balaban J connectivity index is 2.09. The first-order chi connectivity index (χ1) is 8.08. The molecule has 0 spiro atoms. The fraction of sp³-hybridized carbons (Fsp3) is 0.417. The first kappa shape index (κ1) is 12.8. The maximum Gasteiger partial charge on any atom is 0.253 e. The van der Waals surface area contributed by atoms with Gasteiger partial charge < -0.3 is 5.32 Å². The van der Waals surface area contributed by atoms with Gasteiger partial charge in [0.2, 0.25) is 0 Å². The van der Waals surface area contributed by atoms with Crippen LogP contribution in [-0.4, -0.2) is 16.8 Å². The highest BCUT2D eigenvalue weighted by Gasteiger charge is 2.27. The van der Waals surface area contributed by atoms with Gasteiger partial charge in [0, 0.05) is 10.9 Å². The number of alkyl halides is 1. The van der Waals surface area contributed by atoms with Crippen LogP contribution in [0.3, 0.4) is 0 Å². The number of halogens is 3. The molecule has 0 radical (unpaired) electrons. The summed E-state index contributed by atoms with van der Waals surface area (Å²) in [4.78, 5) is 12.3. The van der Waals surface area contributed by atoms with Crippen molar-refractivity contribution >= 4 is 33.4 Å². The van der Waals surface area contributed by atoms with Gasteiger partial charge in [0.25, 0.3) is 5.91 Å². The monoisotopic (exact) mass is 319 g/mol. The molecule has 0 bridgehead atoms. The Kier molecular flexibility index (Phi) is 4.05. The van der Waals surface area contributed by atoms with Crippen molar-refractivity contribution in [1.29, 1.82) is 0 Å². The third kappa shape index (κ3) is 2.99. The summed E-state index contributed by atoms with van der Waals surface area (Å²) in [7, 11) is 0. The summed E-state index contributed by atoms with van der Waals surface area (Å²) in [5.41, 5.74) is 0.319. The summed E-state index contributed by atoms with van der Waals surface area (Å²) < 4.78 is 12.9. The maximum atomic E-state index is 12.9. The van der Waals surface area contributed by atoms with E-state index < -0.39 is 5.82 Å². The highest BCUT2D eigenvalue weighted by Crippen LogP contribution is 2.26. The van der Waals surface area contributed by atoms with Crippen LogP contribution in [0.5, 0.6) is 0 Å². The number of hydrogen-bond acceptors (Lipinski definition) is 1. The normalized spacial score (nSPS) is 23.7. The van der Waals surface area contributed by atoms with Crippen LogP contribution >= 0.6 is 27.5 Å². The first-order valence-electron chi connectivity index (χ1n) is 5.48. The molecule has 1 aliphatic rings. The molecule has 1 aromatic carbocycles. The number of carbonyl (C=O) groups is 1. The van der Waals surface area contributed by atoms with Crippen molar-refractivity contribution in [2.75, 3.05) is 0 Å². The minimum atomic E-state index is -0.439. The van der Waals surface area contributed by atoms with E-state index in [0.29, 0.717) is 10.4 Å². The number of benzene rings is 1. The lowest BCUT2D eigenvalue weighted by atomic mass is 10.1. The van der Waals surface area contributed by atoms with Gasteiger partial charge >= 0.3 is 0 Å². The second kappa shape index (κ2) is 5.36. The zero-order valence-electron chi connectivity index (χ0n) is 9.05. The number of nitrogens with one attached hydrogen (secondary N) is 1. The third-order valence-corrected chi connectivity index (χ3v) is 4.33. The van der Waals surface area contributed by atoms with Gasteiger partial charge in [0.05, 0.1) is 10.6 Å². The zero-order chi connectivity index (χ0) is 12.4. The van der Waals surface area contributed by atoms with Crippen LogP contribution in [0.1, 0.15) is 29.6 Å². The van der Waals surface area contributed by atoms with E-state index in [1.54, 1.807) is 0 Å². The Morgan fingerprint density at radius 1 is 1.47 bits per heavy atom. The smallest absolute Gasteiger partial charge is 0.253 e. The Hall–Kier alpha value is -0.610. The standard InChI is InChI=1S/C12H12BrClFNO/c13-9-2-1-3-11(9)16-12(17)8-5-4-7(15)6-10(8)14/h4-6,9,11H,1-3H2,(H,16,17). The molecule has 92 valence electrons. The highest BCUT2D eigenvalue weighted by molar-refractivity contribution is 9.09. The van der Waals surface area contributed by atoms with Crippen molar-refractivity contribution in [3.63, 3.8) is 0 Å². The number of carbonyl (C=O) groups excluding carboxylic acids is 1. The molecule has 17 heavy (non-hydrogen) atoms. The van der Waals surface area contributed by atoms with Crippen molar-refractivity contribution in [3.05, 3.63) is 34.6 Å². The molecule has 2 nitrogen and oxygen atoms in total. The van der Waals surface area contributed by atoms with E-state index in [1.165, 1.54) is 12.1 Å². The predicted molar refractivity (Wildman–Crippen MR) is 69.2 cm³/mol. The second-order valence-corrected chi connectivity index (χ2v) is 5.73. The Morgan fingerprint density at radius 2 is 2.24 bits per heavy atom. The maximum absolute atomic E-state index is 12.9. The molecule has 0 heterocycles. The summed E-state index contributed by atoms with van der Waals surface area (Å²) >= 11 is 9.36. The fourth-order valence-electron chi connectivity index (χ4n) is 2.00. The van der Waals surface area contributed by atoms with Crippen LogP contribution in [0.25, 0.3) is 0 Å². The van der Waals surface area contributed by atoms with Crippen LogP contribution in [0.4, 0.5) is 4.39 Å². The van der Waals surface area contributed by atoms with Gasteiger partial charge in [-0.05, 0) is 31.0 Å². The SMILES string of the molecule is O=C(NC1CCCC1Br)c1ccc(F)cc1Cl. The fourth-order valence-corrected chi connectivity index (χ4v) is 2.97. The topological polar surface area (TPSA) is 29.1 Å². The van der Waals surface area contributed by atoms with Gasteiger partial charge in [-0.1, -0.05) is 34.0 Å². The molecule has 2 atom stereocenters. The lowest BCUT2D eigenvalue weighted by molar-refractivity contribution is 0.0939. The summed E-state index contributed by atoms with van der Waals surface area (Å²) in [5, 5.41) is 3.06. The number of amides is 1. The Labute approximate surface area is 113 Å². The molecule has 0 aliphatic heterocycles. The Bertz CT molecular complexity index is 441. The van der Waals surface area contributed by atoms with E-state index >= 15 is 0 Å². The summed E-state index contributed by atoms with van der Waals surface area (Å²) in [6, 6.07) is 3.92. The van der Waals surface area contributed by atoms with E-state index in [0.717, 1.165) is 25.3 Å². The lowest BCUT2D eigenvalue weighted by Crippen LogP contribution is -2.37. The summed E-state index contributed by atoms with van der Waals surface area (Å²) in [5.74, 6) is -0.683. The first-order valence-corrected chi connectivity index (χ1v) is 6.77. The average molecular weight is 321 g/mol. The van der Waals surface area contributed by atoms with Crippen LogP contribution in [0, 0.1) is 5.82 Å². The van der Waals surface area contributed by atoms with E-state index in [4.69, 9.17) is 11.6 Å². The molecule has 0 saturated heterocycles. The molecule has 1 fully saturated rings. The largest absolute Gasteiger partial charge is 0.348 e. The van der Waals surface area contributed by atoms with Gasteiger partial charge in [-0.15, -0.1) is 0 Å². The van der Waals surface area contributed by atoms with Crippen molar-refractivity contribution in [3.8, 4) is 0 Å². The van der Waals surface area contributed by atoms with Gasteiger partial charge in [0.1, 0.15) is 5.82 Å². The molecular formula is C12H12BrClFNO. The molecule has 1 saturated carbocycles. The molecule has 0 aromatic heterocycles. The van der Waals surface area contributed by atoms with Gasteiger partial charge in [-0.25, -0.2) is 4.39 Å². The molecule has 2 rings (SSSR count). The zero-order valence-corrected chi connectivity index (χ0v) is 11.4. The van der Waals surface area contributed by atoms with Crippen LogP contribution < -0.4 is 5.32 Å². The second-order valence-electron chi connectivity index (χ2n) is 4.15. The van der Waals surface area contributed by atoms with Crippen molar-refractivity contribution in [1.82, 2.24) is 5.32 Å². The van der Waals surface area contributed by atoms with Crippen molar-refractivity contribution in [2.24, 2.45) is 0 Å². The molecule has 1 aromatic rings. The molecule has 1 N–H and O–H groups in total.